The van der Waals surface area contributed by atoms with Crippen molar-refractivity contribution in [3.05, 3.63) is 40.3 Å². The van der Waals surface area contributed by atoms with E-state index in [9.17, 15) is 4.79 Å². The van der Waals surface area contributed by atoms with E-state index in [1.165, 1.54) is 10.6 Å². The Labute approximate surface area is 134 Å². The van der Waals surface area contributed by atoms with Gasteiger partial charge in [-0.25, -0.2) is 0 Å². The van der Waals surface area contributed by atoms with Crippen LogP contribution in [-0.4, -0.2) is 33.2 Å². The lowest BCUT2D eigenvalue weighted by atomic mass is 10.1. The van der Waals surface area contributed by atoms with Gasteiger partial charge in [0.15, 0.2) is 0 Å². The molecule has 3 rings (SSSR count). The van der Waals surface area contributed by atoms with Gasteiger partial charge in [-0.3, -0.25) is 14.4 Å². The summed E-state index contributed by atoms with van der Waals surface area (Å²) in [6.45, 7) is 7.13. The minimum atomic E-state index is -0.0662. The largest absolute Gasteiger partial charge is 0.354 e. The van der Waals surface area contributed by atoms with Crippen LogP contribution in [0.5, 0.6) is 0 Å². The van der Waals surface area contributed by atoms with Gasteiger partial charge in [0.2, 0.25) is 5.91 Å². The number of fused-ring (bicyclic) bond motifs is 1. The Morgan fingerprint density at radius 3 is 3.05 bits per heavy atom. The van der Waals surface area contributed by atoms with Crippen molar-refractivity contribution in [2.45, 2.75) is 39.5 Å². The van der Waals surface area contributed by atoms with Gasteiger partial charge in [0.05, 0.1) is 18.2 Å². The molecule has 0 aromatic carbocycles. The maximum absolute atomic E-state index is 12.5. The Morgan fingerprint density at radius 2 is 2.32 bits per heavy atom. The molecule has 1 amide bonds. The molecule has 1 aliphatic rings. The molecule has 5 nitrogen and oxygen atoms in total. The van der Waals surface area contributed by atoms with Gasteiger partial charge >= 0.3 is 0 Å². The molecule has 22 heavy (non-hydrogen) atoms. The molecule has 2 aromatic heterocycles. The average molecular weight is 318 g/mol. The molecule has 3 heterocycles. The normalized spacial score (nSPS) is 19.0. The van der Waals surface area contributed by atoms with Gasteiger partial charge in [-0.1, -0.05) is 6.07 Å². The number of thiophene rings is 1. The molecule has 0 saturated heterocycles. The van der Waals surface area contributed by atoms with E-state index >= 15 is 0 Å². The second-order valence-corrected chi connectivity index (χ2v) is 7.15. The van der Waals surface area contributed by atoms with Crippen molar-refractivity contribution in [1.82, 2.24) is 20.0 Å². The zero-order chi connectivity index (χ0) is 15.5. The van der Waals surface area contributed by atoms with Crippen molar-refractivity contribution in [2.75, 3.05) is 6.54 Å². The SMILES string of the molecule is CC(C)NC(=O)[C@@H]1CN(Cc2cccs2)Cc2ccnn2C1. The molecule has 0 bridgehead atoms. The van der Waals surface area contributed by atoms with E-state index < -0.39 is 0 Å². The molecule has 1 atom stereocenters. The van der Waals surface area contributed by atoms with Crippen LogP contribution in [0.3, 0.4) is 0 Å². The van der Waals surface area contributed by atoms with Crippen molar-refractivity contribution >= 4 is 17.2 Å². The van der Waals surface area contributed by atoms with Gasteiger partial charge in [-0.15, -0.1) is 11.3 Å². The second kappa shape index (κ2) is 6.62. The third-order valence-electron chi connectivity index (χ3n) is 3.82. The highest BCUT2D eigenvalue weighted by Gasteiger charge is 2.27. The predicted molar refractivity (Wildman–Crippen MR) is 87.4 cm³/mol. The van der Waals surface area contributed by atoms with Gasteiger partial charge in [-0.2, -0.15) is 5.10 Å². The summed E-state index contributed by atoms with van der Waals surface area (Å²) in [5.41, 5.74) is 1.18. The molecule has 2 aromatic rings. The Bertz CT molecular complexity index is 620. The molecule has 0 unspecified atom stereocenters. The molecule has 1 N–H and O–H groups in total. The van der Waals surface area contributed by atoms with Crippen LogP contribution in [0.1, 0.15) is 24.4 Å². The summed E-state index contributed by atoms with van der Waals surface area (Å²) in [6, 6.07) is 6.43. The fourth-order valence-corrected chi connectivity index (χ4v) is 3.59. The van der Waals surface area contributed by atoms with E-state index in [0.717, 1.165) is 19.6 Å². The third-order valence-corrected chi connectivity index (χ3v) is 4.68. The molecular formula is C16H22N4OS. The summed E-state index contributed by atoms with van der Waals surface area (Å²) >= 11 is 1.76. The number of hydrogen-bond donors (Lipinski definition) is 1. The number of carbonyl (C=O) groups is 1. The molecule has 0 aliphatic carbocycles. The van der Waals surface area contributed by atoms with Crippen molar-refractivity contribution in [1.29, 1.82) is 0 Å². The summed E-state index contributed by atoms with van der Waals surface area (Å²) in [5.74, 6) is 0.0537. The highest BCUT2D eigenvalue weighted by Crippen LogP contribution is 2.20. The fraction of sp³-hybridized carbons (Fsp3) is 0.500. The van der Waals surface area contributed by atoms with Crippen LogP contribution in [0.2, 0.25) is 0 Å². The molecule has 0 radical (unpaired) electrons. The number of carbonyl (C=O) groups excluding carboxylic acids is 1. The lowest BCUT2D eigenvalue weighted by Gasteiger charge is -2.23. The van der Waals surface area contributed by atoms with E-state index in [1.807, 2.05) is 30.8 Å². The fourth-order valence-electron chi connectivity index (χ4n) is 2.84. The van der Waals surface area contributed by atoms with Gasteiger partial charge in [0.25, 0.3) is 0 Å². The Kier molecular flexibility index (Phi) is 4.59. The quantitative estimate of drug-likeness (QED) is 0.939. The number of nitrogens with zero attached hydrogens (tertiary/aromatic N) is 3. The molecule has 0 fully saturated rings. The summed E-state index contributed by atoms with van der Waals surface area (Å²) in [5, 5.41) is 9.51. The molecule has 6 heteroatoms. The van der Waals surface area contributed by atoms with Gasteiger partial charge in [0.1, 0.15) is 0 Å². The number of amides is 1. The van der Waals surface area contributed by atoms with E-state index in [-0.39, 0.29) is 17.9 Å². The first-order chi connectivity index (χ1) is 10.6. The highest BCUT2D eigenvalue weighted by atomic mass is 32.1. The number of hydrogen-bond acceptors (Lipinski definition) is 4. The van der Waals surface area contributed by atoms with Crippen molar-refractivity contribution in [3.8, 4) is 0 Å². The minimum Gasteiger partial charge on any atom is -0.354 e. The van der Waals surface area contributed by atoms with Crippen LogP contribution < -0.4 is 5.32 Å². The van der Waals surface area contributed by atoms with Gasteiger partial charge in [0, 0.05) is 36.8 Å². The summed E-state index contributed by atoms with van der Waals surface area (Å²) in [4.78, 5) is 16.1. The lowest BCUT2D eigenvalue weighted by Crippen LogP contribution is -2.41. The smallest absolute Gasteiger partial charge is 0.226 e. The number of nitrogens with one attached hydrogen (secondary N) is 1. The van der Waals surface area contributed by atoms with Gasteiger partial charge < -0.3 is 5.32 Å². The first kappa shape index (κ1) is 15.2. The monoisotopic (exact) mass is 318 g/mol. The molecule has 1 aliphatic heterocycles. The Hall–Kier alpha value is -1.66. The second-order valence-electron chi connectivity index (χ2n) is 6.11. The van der Waals surface area contributed by atoms with Crippen LogP contribution >= 0.6 is 11.3 Å². The van der Waals surface area contributed by atoms with Crippen LogP contribution in [0, 0.1) is 5.92 Å². The maximum atomic E-state index is 12.5. The van der Waals surface area contributed by atoms with Gasteiger partial charge in [-0.05, 0) is 31.4 Å². The molecule has 0 spiro atoms. The van der Waals surface area contributed by atoms with E-state index in [1.54, 1.807) is 11.3 Å². The van der Waals surface area contributed by atoms with Crippen LogP contribution in [0.4, 0.5) is 0 Å². The number of rotatable bonds is 4. The first-order valence-electron chi connectivity index (χ1n) is 7.67. The first-order valence-corrected chi connectivity index (χ1v) is 8.55. The Balaban J connectivity index is 1.78. The van der Waals surface area contributed by atoms with E-state index in [4.69, 9.17) is 0 Å². The molecule has 0 saturated carbocycles. The van der Waals surface area contributed by atoms with Crippen molar-refractivity contribution in [2.24, 2.45) is 5.92 Å². The minimum absolute atomic E-state index is 0.0662. The van der Waals surface area contributed by atoms with E-state index in [0.29, 0.717) is 6.54 Å². The molecule has 118 valence electrons. The maximum Gasteiger partial charge on any atom is 0.226 e. The summed E-state index contributed by atoms with van der Waals surface area (Å²) in [7, 11) is 0. The zero-order valence-corrected chi connectivity index (χ0v) is 13.8. The third kappa shape index (κ3) is 3.56. The topological polar surface area (TPSA) is 50.2 Å². The van der Waals surface area contributed by atoms with Crippen LogP contribution in [0.25, 0.3) is 0 Å². The summed E-state index contributed by atoms with van der Waals surface area (Å²) < 4.78 is 1.97. The highest BCUT2D eigenvalue weighted by molar-refractivity contribution is 7.09. The standard InChI is InChI=1S/C16H22N4OS/c1-12(2)18-16(21)13-8-19(11-15-4-3-7-22-15)10-14-5-6-17-20(14)9-13/h3-7,12-13H,8-11H2,1-2H3,(H,18,21)/t13-/m1/s1. The van der Waals surface area contributed by atoms with Crippen LogP contribution in [0.15, 0.2) is 29.8 Å². The van der Waals surface area contributed by atoms with Crippen molar-refractivity contribution in [3.63, 3.8) is 0 Å². The van der Waals surface area contributed by atoms with E-state index in [2.05, 4.69) is 32.8 Å². The zero-order valence-electron chi connectivity index (χ0n) is 13.0. The molecular weight excluding hydrogens is 296 g/mol. The average Bonchev–Trinajstić information content (AvgIpc) is 3.07. The van der Waals surface area contributed by atoms with Crippen molar-refractivity contribution < 1.29 is 4.79 Å². The van der Waals surface area contributed by atoms with Crippen LogP contribution in [-0.2, 0) is 24.4 Å². The summed E-state index contributed by atoms with van der Waals surface area (Å²) in [6.07, 6.45) is 1.82. The lowest BCUT2D eigenvalue weighted by molar-refractivity contribution is -0.126. The Morgan fingerprint density at radius 1 is 1.45 bits per heavy atom. The number of aromatic nitrogens is 2. The predicted octanol–water partition coefficient (Wildman–Crippen LogP) is 2.10.